The van der Waals surface area contributed by atoms with Crippen LogP contribution in [0.1, 0.15) is 29.5 Å². The largest absolute Gasteiger partial charge is 0.441 e. The van der Waals surface area contributed by atoms with Crippen molar-refractivity contribution in [2.45, 2.75) is 25.1 Å². The first-order valence-corrected chi connectivity index (χ1v) is 9.43. The molecule has 1 unspecified atom stereocenters. The summed E-state index contributed by atoms with van der Waals surface area (Å²) in [4.78, 5) is 16.1. The zero-order chi connectivity index (χ0) is 21.7. The standard InChI is InChI=1S/C21H18ClF3N2O3/c22-14-7-5-13(6-8-14)18-12-27-20(30-18)10-9-19(29)26-11-17(28)15-3-1-2-4-16(15)21(23,24)25/h1-8,12,17,28H,9-11H2,(H,26,29). The van der Waals surface area contributed by atoms with Crippen LogP contribution in [0.15, 0.2) is 59.1 Å². The fourth-order valence-electron chi connectivity index (χ4n) is 2.85. The number of nitrogens with zero attached hydrogens (tertiary/aromatic N) is 1. The normalized spacial score (nSPS) is 12.6. The summed E-state index contributed by atoms with van der Waals surface area (Å²) in [5, 5.41) is 13.1. The number of halogens is 4. The topological polar surface area (TPSA) is 75.4 Å². The Morgan fingerprint density at radius 3 is 2.57 bits per heavy atom. The molecule has 3 rings (SSSR count). The van der Waals surface area contributed by atoms with Gasteiger partial charge in [-0.1, -0.05) is 29.8 Å². The van der Waals surface area contributed by atoms with E-state index in [-0.39, 0.29) is 24.9 Å². The van der Waals surface area contributed by atoms with Crippen LogP contribution in [0.4, 0.5) is 13.2 Å². The number of amides is 1. The predicted molar refractivity (Wildman–Crippen MR) is 105 cm³/mol. The molecule has 0 saturated heterocycles. The lowest BCUT2D eigenvalue weighted by atomic mass is 10.0. The van der Waals surface area contributed by atoms with Gasteiger partial charge in [0, 0.05) is 30.0 Å². The molecule has 0 fully saturated rings. The van der Waals surface area contributed by atoms with Crippen molar-refractivity contribution < 1.29 is 27.5 Å². The van der Waals surface area contributed by atoms with Gasteiger partial charge in [0.2, 0.25) is 5.91 Å². The molecule has 0 spiro atoms. The van der Waals surface area contributed by atoms with Crippen LogP contribution in [-0.4, -0.2) is 22.5 Å². The first-order valence-electron chi connectivity index (χ1n) is 9.05. The van der Waals surface area contributed by atoms with Gasteiger partial charge in [-0.25, -0.2) is 4.98 Å². The van der Waals surface area contributed by atoms with Gasteiger partial charge in [-0.05, 0) is 35.9 Å². The van der Waals surface area contributed by atoms with E-state index >= 15 is 0 Å². The van der Waals surface area contributed by atoms with E-state index in [0.29, 0.717) is 16.7 Å². The van der Waals surface area contributed by atoms with E-state index in [4.69, 9.17) is 16.0 Å². The number of carbonyl (C=O) groups excluding carboxylic acids is 1. The van der Waals surface area contributed by atoms with Crippen LogP contribution in [0.3, 0.4) is 0 Å². The van der Waals surface area contributed by atoms with Crippen LogP contribution in [0.25, 0.3) is 11.3 Å². The second kappa shape index (κ2) is 9.32. The minimum Gasteiger partial charge on any atom is -0.441 e. The third-order valence-electron chi connectivity index (χ3n) is 4.37. The van der Waals surface area contributed by atoms with Crippen LogP contribution in [0.5, 0.6) is 0 Å². The third-order valence-corrected chi connectivity index (χ3v) is 4.62. The average Bonchev–Trinajstić information content (AvgIpc) is 3.19. The molecule has 30 heavy (non-hydrogen) atoms. The fraction of sp³-hybridized carbons (Fsp3) is 0.238. The zero-order valence-corrected chi connectivity index (χ0v) is 16.4. The second-order valence-electron chi connectivity index (χ2n) is 6.53. The highest BCUT2D eigenvalue weighted by Gasteiger charge is 2.34. The Morgan fingerprint density at radius 2 is 1.87 bits per heavy atom. The minimum absolute atomic E-state index is 0.00814. The van der Waals surface area contributed by atoms with Crippen molar-refractivity contribution in [1.82, 2.24) is 10.3 Å². The molecule has 2 aromatic carbocycles. The van der Waals surface area contributed by atoms with Crippen molar-refractivity contribution in [3.63, 3.8) is 0 Å². The lowest BCUT2D eigenvalue weighted by Gasteiger charge is -2.17. The summed E-state index contributed by atoms with van der Waals surface area (Å²) in [7, 11) is 0. The molecule has 3 aromatic rings. The van der Waals surface area contributed by atoms with Crippen LogP contribution in [0, 0.1) is 0 Å². The van der Waals surface area contributed by atoms with Crippen LogP contribution in [-0.2, 0) is 17.4 Å². The van der Waals surface area contributed by atoms with Gasteiger partial charge in [0.1, 0.15) is 0 Å². The number of aliphatic hydroxyl groups is 1. The predicted octanol–water partition coefficient (Wildman–Crippen LogP) is 4.80. The van der Waals surface area contributed by atoms with Crippen LogP contribution < -0.4 is 5.32 Å². The Kier molecular flexibility index (Phi) is 6.79. The first kappa shape index (κ1) is 21.9. The molecule has 158 valence electrons. The molecule has 1 amide bonds. The fourth-order valence-corrected chi connectivity index (χ4v) is 2.97. The molecule has 9 heteroatoms. The number of nitrogens with one attached hydrogen (secondary N) is 1. The number of rotatable bonds is 7. The number of oxazole rings is 1. The number of aromatic nitrogens is 1. The summed E-state index contributed by atoms with van der Waals surface area (Å²) in [6.45, 7) is -0.340. The smallest absolute Gasteiger partial charge is 0.416 e. The van der Waals surface area contributed by atoms with Gasteiger partial charge in [-0.15, -0.1) is 0 Å². The molecule has 0 radical (unpaired) electrons. The Balaban J connectivity index is 1.52. The van der Waals surface area contributed by atoms with Crippen LogP contribution in [0.2, 0.25) is 5.02 Å². The maximum Gasteiger partial charge on any atom is 0.416 e. The Morgan fingerprint density at radius 1 is 1.17 bits per heavy atom. The van der Waals surface area contributed by atoms with Gasteiger partial charge in [-0.3, -0.25) is 4.79 Å². The van der Waals surface area contributed by atoms with Crippen LogP contribution >= 0.6 is 11.6 Å². The van der Waals surface area contributed by atoms with E-state index in [1.165, 1.54) is 24.4 Å². The number of hydrogen-bond donors (Lipinski definition) is 2. The number of hydrogen-bond acceptors (Lipinski definition) is 4. The number of benzene rings is 2. The maximum atomic E-state index is 13.0. The van der Waals surface area contributed by atoms with E-state index in [1.54, 1.807) is 24.3 Å². The Bertz CT molecular complexity index is 1000. The quantitative estimate of drug-likeness (QED) is 0.556. The highest BCUT2D eigenvalue weighted by Crippen LogP contribution is 2.34. The van der Waals surface area contributed by atoms with Gasteiger partial charge in [-0.2, -0.15) is 13.2 Å². The molecule has 0 bridgehead atoms. The number of carbonyl (C=O) groups is 1. The molecular formula is C21H18ClF3N2O3. The van der Waals surface area contributed by atoms with Gasteiger partial charge in [0.15, 0.2) is 11.7 Å². The molecule has 0 aliphatic rings. The monoisotopic (exact) mass is 438 g/mol. The summed E-state index contributed by atoms with van der Waals surface area (Å²) >= 11 is 5.85. The third kappa shape index (κ3) is 5.61. The summed E-state index contributed by atoms with van der Waals surface area (Å²) in [5.74, 6) is 0.434. The van der Waals surface area contributed by atoms with Gasteiger partial charge in [0.05, 0.1) is 17.9 Å². The SMILES string of the molecule is O=C(CCc1ncc(-c2ccc(Cl)cc2)o1)NCC(O)c1ccccc1C(F)(F)F. The van der Waals surface area contributed by atoms with Crippen molar-refractivity contribution in [1.29, 1.82) is 0 Å². The van der Waals surface area contributed by atoms with E-state index in [0.717, 1.165) is 11.6 Å². The van der Waals surface area contributed by atoms with E-state index < -0.39 is 23.8 Å². The van der Waals surface area contributed by atoms with Crippen molar-refractivity contribution in [2.75, 3.05) is 6.54 Å². The van der Waals surface area contributed by atoms with Crippen molar-refractivity contribution in [3.8, 4) is 11.3 Å². The van der Waals surface area contributed by atoms with Gasteiger partial charge < -0.3 is 14.8 Å². The summed E-state index contributed by atoms with van der Waals surface area (Å²) in [6, 6.07) is 11.7. The highest BCUT2D eigenvalue weighted by atomic mass is 35.5. The van der Waals surface area contributed by atoms with Crippen molar-refractivity contribution in [2.24, 2.45) is 0 Å². The lowest BCUT2D eigenvalue weighted by molar-refractivity contribution is -0.139. The first-order chi connectivity index (χ1) is 14.2. The molecule has 1 atom stereocenters. The van der Waals surface area contributed by atoms with E-state index in [2.05, 4.69) is 10.3 Å². The highest BCUT2D eigenvalue weighted by molar-refractivity contribution is 6.30. The average molecular weight is 439 g/mol. The number of aryl methyl sites for hydroxylation is 1. The summed E-state index contributed by atoms with van der Waals surface area (Å²) in [6.07, 6.45) is -4.32. The Hall–Kier alpha value is -2.84. The van der Waals surface area contributed by atoms with Crippen molar-refractivity contribution in [3.05, 3.63) is 76.8 Å². The van der Waals surface area contributed by atoms with Gasteiger partial charge in [0.25, 0.3) is 0 Å². The van der Waals surface area contributed by atoms with E-state index in [1.807, 2.05) is 0 Å². The Labute approximate surface area is 175 Å². The van der Waals surface area contributed by atoms with Gasteiger partial charge >= 0.3 is 6.18 Å². The molecule has 1 heterocycles. The molecular weight excluding hydrogens is 421 g/mol. The van der Waals surface area contributed by atoms with E-state index in [9.17, 15) is 23.1 Å². The molecule has 5 nitrogen and oxygen atoms in total. The molecule has 0 saturated carbocycles. The zero-order valence-electron chi connectivity index (χ0n) is 15.6. The second-order valence-corrected chi connectivity index (χ2v) is 6.97. The molecule has 1 aromatic heterocycles. The lowest BCUT2D eigenvalue weighted by Crippen LogP contribution is -2.29. The maximum absolute atomic E-state index is 13.0. The summed E-state index contributed by atoms with van der Waals surface area (Å²) < 4.78 is 44.7. The number of alkyl halides is 3. The summed E-state index contributed by atoms with van der Waals surface area (Å²) in [5.41, 5.74) is -0.430. The molecule has 0 aliphatic carbocycles. The van der Waals surface area contributed by atoms with Crippen molar-refractivity contribution >= 4 is 17.5 Å². The molecule has 2 N–H and O–H groups in total. The molecule has 0 aliphatic heterocycles. The minimum atomic E-state index is -4.59. The number of aliphatic hydroxyl groups excluding tert-OH is 1.